The molecule has 0 saturated heterocycles. The Morgan fingerprint density at radius 2 is 2.00 bits per heavy atom. The number of benzene rings is 1. The SMILES string of the molecule is CCC(=O)N1N=C(c2c(O)n(C)c(=O)n(C)c2=O)C[C@@H]1c1cccc([N+](=O)[O-])c1. The Labute approximate surface area is 164 Å². The monoisotopic (exact) mass is 401 g/mol. The maximum Gasteiger partial charge on any atom is 0.333 e. The number of hydrazone groups is 1. The number of hydrogen-bond donors (Lipinski definition) is 1. The molecule has 1 aliphatic rings. The molecular formula is C18H19N5O6. The van der Waals surface area contributed by atoms with Crippen LogP contribution in [0.25, 0.3) is 0 Å². The molecule has 0 aliphatic carbocycles. The van der Waals surface area contributed by atoms with Gasteiger partial charge in [-0.2, -0.15) is 5.10 Å². The first-order valence-electron chi connectivity index (χ1n) is 8.80. The number of carbonyl (C=O) groups is 1. The molecule has 0 spiro atoms. The third-order valence-electron chi connectivity index (χ3n) is 4.86. The predicted octanol–water partition coefficient (Wildman–Crippen LogP) is 0.785. The minimum Gasteiger partial charge on any atom is -0.494 e. The molecule has 0 unspecified atom stereocenters. The smallest absolute Gasteiger partial charge is 0.333 e. The van der Waals surface area contributed by atoms with E-state index in [9.17, 15) is 29.6 Å². The number of carbonyl (C=O) groups excluding carboxylic acids is 1. The fraction of sp³-hybridized carbons (Fsp3) is 0.333. The highest BCUT2D eigenvalue weighted by molar-refractivity contribution is 6.04. The van der Waals surface area contributed by atoms with Gasteiger partial charge in [-0.1, -0.05) is 19.1 Å². The molecule has 1 atom stereocenters. The molecule has 2 heterocycles. The second-order valence-electron chi connectivity index (χ2n) is 6.61. The summed E-state index contributed by atoms with van der Waals surface area (Å²) in [6, 6.07) is 5.13. The third-order valence-corrected chi connectivity index (χ3v) is 4.86. The largest absolute Gasteiger partial charge is 0.494 e. The van der Waals surface area contributed by atoms with E-state index in [1.54, 1.807) is 13.0 Å². The molecule has 3 rings (SSSR count). The van der Waals surface area contributed by atoms with Crippen LogP contribution in [0.4, 0.5) is 5.69 Å². The molecule has 11 nitrogen and oxygen atoms in total. The standard InChI is InChI=1S/C18H19N5O6/c1-4-14(24)22-13(10-6-5-7-11(8-10)23(28)29)9-12(19-22)15-16(25)20(2)18(27)21(3)17(15)26/h5-8,13,25H,4,9H2,1-3H3/t13-/m1/s1. The number of nitro benzene ring substituents is 1. The van der Waals surface area contributed by atoms with E-state index in [2.05, 4.69) is 5.10 Å². The van der Waals surface area contributed by atoms with Crippen LogP contribution in [0.1, 0.15) is 36.9 Å². The highest BCUT2D eigenvalue weighted by atomic mass is 16.6. The van der Waals surface area contributed by atoms with Crippen LogP contribution in [0.3, 0.4) is 0 Å². The van der Waals surface area contributed by atoms with Gasteiger partial charge in [-0.25, -0.2) is 9.80 Å². The minimum absolute atomic E-state index is 0.0495. The van der Waals surface area contributed by atoms with Gasteiger partial charge in [0.05, 0.1) is 16.7 Å². The van der Waals surface area contributed by atoms with E-state index in [0.29, 0.717) is 5.56 Å². The van der Waals surface area contributed by atoms with Gasteiger partial charge in [0.2, 0.25) is 11.8 Å². The lowest BCUT2D eigenvalue weighted by Gasteiger charge is -2.21. The maximum absolute atomic E-state index is 12.6. The van der Waals surface area contributed by atoms with Crippen LogP contribution in [-0.2, 0) is 18.9 Å². The van der Waals surface area contributed by atoms with Crippen LogP contribution in [0.2, 0.25) is 0 Å². The van der Waals surface area contributed by atoms with E-state index in [-0.39, 0.29) is 35.7 Å². The van der Waals surface area contributed by atoms with E-state index in [1.165, 1.54) is 37.3 Å². The molecule has 1 aliphatic heterocycles. The van der Waals surface area contributed by atoms with Crippen LogP contribution in [0.5, 0.6) is 5.88 Å². The van der Waals surface area contributed by atoms with Crippen molar-refractivity contribution in [3.05, 3.63) is 66.3 Å². The third kappa shape index (κ3) is 3.30. The Bertz CT molecular complexity index is 1160. The van der Waals surface area contributed by atoms with E-state index in [4.69, 9.17) is 0 Å². The Morgan fingerprint density at radius 3 is 2.62 bits per heavy atom. The molecule has 11 heteroatoms. The summed E-state index contributed by atoms with van der Waals surface area (Å²) in [5.41, 5.74) is -1.17. The van der Waals surface area contributed by atoms with Gasteiger partial charge in [-0.3, -0.25) is 28.8 Å². The lowest BCUT2D eigenvalue weighted by atomic mass is 9.98. The first kappa shape index (κ1) is 20.0. The molecule has 1 N–H and O–H groups in total. The molecule has 1 aromatic heterocycles. The van der Waals surface area contributed by atoms with Crippen LogP contribution in [-0.4, -0.2) is 35.8 Å². The van der Waals surface area contributed by atoms with Gasteiger partial charge in [0.1, 0.15) is 5.56 Å². The summed E-state index contributed by atoms with van der Waals surface area (Å²) >= 11 is 0. The quantitative estimate of drug-likeness (QED) is 0.593. The molecule has 2 aromatic rings. The normalized spacial score (nSPS) is 16.0. The van der Waals surface area contributed by atoms with Gasteiger partial charge in [0, 0.05) is 39.1 Å². The van der Waals surface area contributed by atoms with Gasteiger partial charge in [0.15, 0.2) is 0 Å². The maximum atomic E-state index is 12.6. The summed E-state index contributed by atoms with van der Waals surface area (Å²) in [7, 11) is 2.58. The number of amides is 1. The molecule has 0 radical (unpaired) electrons. The predicted molar refractivity (Wildman–Crippen MR) is 103 cm³/mol. The van der Waals surface area contributed by atoms with Crippen LogP contribution < -0.4 is 11.2 Å². The van der Waals surface area contributed by atoms with Gasteiger partial charge in [-0.05, 0) is 5.56 Å². The minimum atomic E-state index is -0.743. The number of non-ortho nitro benzene ring substituents is 1. The molecular weight excluding hydrogens is 382 g/mol. The zero-order valence-corrected chi connectivity index (χ0v) is 16.0. The second-order valence-corrected chi connectivity index (χ2v) is 6.61. The Kier molecular flexibility index (Phi) is 5.06. The van der Waals surface area contributed by atoms with Crippen molar-refractivity contribution in [2.24, 2.45) is 19.2 Å². The molecule has 29 heavy (non-hydrogen) atoms. The van der Waals surface area contributed by atoms with E-state index < -0.39 is 28.1 Å². The summed E-state index contributed by atoms with van der Waals surface area (Å²) in [6.45, 7) is 1.64. The molecule has 152 valence electrons. The summed E-state index contributed by atoms with van der Waals surface area (Å²) in [4.78, 5) is 47.6. The number of aromatic hydroxyl groups is 1. The van der Waals surface area contributed by atoms with E-state index >= 15 is 0 Å². The molecule has 0 fully saturated rings. The average Bonchev–Trinajstić information content (AvgIpc) is 3.15. The summed E-state index contributed by atoms with van der Waals surface area (Å²) in [5, 5.41) is 26.9. The summed E-state index contributed by atoms with van der Waals surface area (Å²) in [6.07, 6.45) is 0.174. The number of rotatable bonds is 4. The van der Waals surface area contributed by atoms with Crippen molar-refractivity contribution in [1.82, 2.24) is 14.1 Å². The average molecular weight is 401 g/mol. The molecule has 0 saturated carbocycles. The fourth-order valence-electron chi connectivity index (χ4n) is 3.24. The molecule has 0 bridgehead atoms. The van der Waals surface area contributed by atoms with Gasteiger partial charge in [0.25, 0.3) is 11.2 Å². The van der Waals surface area contributed by atoms with Crippen molar-refractivity contribution in [3.63, 3.8) is 0 Å². The van der Waals surface area contributed by atoms with Crippen molar-refractivity contribution in [2.45, 2.75) is 25.8 Å². The molecule has 1 aromatic carbocycles. The highest BCUT2D eigenvalue weighted by Crippen LogP contribution is 2.35. The second kappa shape index (κ2) is 7.34. The number of nitro groups is 1. The van der Waals surface area contributed by atoms with Crippen molar-refractivity contribution in [1.29, 1.82) is 0 Å². The highest BCUT2D eigenvalue weighted by Gasteiger charge is 2.35. The Balaban J connectivity index is 2.14. The van der Waals surface area contributed by atoms with Gasteiger partial charge in [-0.15, -0.1) is 0 Å². The van der Waals surface area contributed by atoms with Crippen LogP contribution in [0.15, 0.2) is 39.0 Å². The number of nitrogens with zero attached hydrogens (tertiary/aromatic N) is 5. The van der Waals surface area contributed by atoms with Crippen molar-refractivity contribution < 1.29 is 14.8 Å². The summed E-state index contributed by atoms with van der Waals surface area (Å²) < 4.78 is 1.75. The van der Waals surface area contributed by atoms with Gasteiger partial charge < -0.3 is 5.11 Å². The number of aromatic nitrogens is 2. The zero-order chi connectivity index (χ0) is 21.5. The van der Waals surface area contributed by atoms with Crippen LogP contribution in [0, 0.1) is 10.1 Å². The van der Waals surface area contributed by atoms with Crippen molar-refractivity contribution in [2.75, 3.05) is 0 Å². The van der Waals surface area contributed by atoms with Gasteiger partial charge >= 0.3 is 5.69 Å². The lowest BCUT2D eigenvalue weighted by molar-refractivity contribution is -0.384. The fourth-order valence-corrected chi connectivity index (χ4v) is 3.24. The number of hydrogen-bond acceptors (Lipinski definition) is 7. The lowest BCUT2D eigenvalue weighted by Crippen LogP contribution is -2.39. The van der Waals surface area contributed by atoms with E-state index in [1.807, 2.05) is 0 Å². The summed E-state index contributed by atoms with van der Waals surface area (Å²) in [5.74, 6) is -0.905. The van der Waals surface area contributed by atoms with Crippen LogP contribution >= 0.6 is 0 Å². The molecule has 1 amide bonds. The topological polar surface area (TPSA) is 140 Å². The van der Waals surface area contributed by atoms with Crippen molar-refractivity contribution >= 4 is 17.3 Å². The zero-order valence-electron chi connectivity index (χ0n) is 16.0. The van der Waals surface area contributed by atoms with Crippen molar-refractivity contribution in [3.8, 4) is 5.88 Å². The first-order chi connectivity index (χ1) is 13.7. The Hall–Kier alpha value is -3.76. The first-order valence-corrected chi connectivity index (χ1v) is 8.80. The van der Waals surface area contributed by atoms with E-state index in [0.717, 1.165) is 9.13 Å². The Morgan fingerprint density at radius 1 is 1.31 bits per heavy atom.